The Balaban J connectivity index is 2.44. The van der Waals surface area contributed by atoms with E-state index in [1.807, 2.05) is 0 Å². The minimum atomic E-state index is -0.191. The molecule has 82 valence electrons. The molecular formula is C11H17N3O. The normalized spacial score (nSPS) is 9.93. The fourth-order valence-electron chi connectivity index (χ4n) is 1.27. The second-order valence-electron chi connectivity index (χ2n) is 3.40. The molecule has 3 N–H and O–H groups in total. The molecule has 1 heterocycles. The Morgan fingerprint density at radius 1 is 1.53 bits per heavy atom. The molecule has 0 saturated carbocycles. The van der Waals surface area contributed by atoms with Crippen molar-refractivity contribution < 1.29 is 4.79 Å². The summed E-state index contributed by atoms with van der Waals surface area (Å²) in [4.78, 5) is 15.5. The molecule has 1 amide bonds. The maximum atomic E-state index is 11.6. The lowest BCUT2D eigenvalue weighted by Gasteiger charge is -2.05. The van der Waals surface area contributed by atoms with Crippen molar-refractivity contribution in [3.63, 3.8) is 0 Å². The summed E-state index contributed by atoms with van der Waals surface area (Å²) in [5, 5.41) is 2.79. The monoisotopic (exact) mass is 207 g/mol. The topological polar surface area (TPSA) is 68.0 Å². The summed E-state index contributed by atoms with van der Waals surface area (Å²) in [5.41, 5.74) is 6.36. The van der Waals surface area contributed by atoms with E-state index in [-0.39, 0.29) is 5.91 Å². The predicted octanol–water partition coefficient (Wildman–Crippen LogP) is 1.58. The van der Waals surface area contributed by atoms with Gasteiger partial charge in [-0.15, -0.1) is 0 Å². The zero-order valence-corrected chi connectivity index (χ0v) is 8.99. The molecule has 1 rings (SSSR count). The van der Waals surface area contributed by atoms with Crippen LogP contribution in [-0.2, 0) is 0 Å². The van der Waals surface area contributed by atoms with Crippen molar-refractivity contribution in [2.45, 2.75) is 26.2 Å². The number of carbonyl (C=O) groups is 1. The number of rotatable bonds is 5. The summed E-state index contributed by atoms with van der Waals surface area (Å²) in [6.45, 7) is 2.81. The van der Waals surface area contributed by atoms with E-state index in [0.29, 0.717) is 17.9 Å². The van der Waals surface area contributed by atoms with Crippen LogP contribution in [0.5, 0.6) is 0 Å². The number of hydrogen-bond acceptors (Lipinski definition) is 3. The largest absolute Gasteiger partial charge is 0.397 e. The number of aromatic nitrogens is 1. The van der Waals surface area contributed by atoms with Gasteiger partial charge in [-0.05, 0) is 18.6 Å². The van der Waals surface area contributed by atoms with Crippen molar-refractivity contribution in [1.29, 1.82) is 0 Å². The molecule has 0 saturated heterocycles. The summed E-state index contributed by atoms with van der Waals surface area (Å²) in [6.07, 6.45) is 4.83. The van der Waals surface area contributed by atoms with Crippen LogP contribution >= 0.6 is 0 Å². The van der Waals surface area contributed by atoms with E-state index in [0.717, 1.165) is 19.3 Å². The van der Waals surface area contributed by atoms with Crippen molar-refractivity contribution in [2.24, 2.45) is 0 Å². The molecule has 1 aromatic rings. The molecule has 0 spiro atoms. The minimum Gasteiger partial charge on any atom is -0.397 e. The second kappa shape index (κ2) is 6.01. The molecule has 0 unspecified atom stereocenters. The van der Waals surface area contributed by atoms with Crippen LogP contribution in [0.3, 0.4) is 0 Å². The fraction of sp³-hybridized carbons (Fsp3) is 0.455. The third-order valence-corrected chi connectivity index (χ3v) is 2.12. The van der Waals surface area contributed by atoms with Crippen molar-refractivity contribution in [2.75, 3.05) is 12.3 Å². The van der Waals surface area contributed by atoms with E-state index in [9.17, 15) is 4.79 Å². The molecule has 0 aliphatic heterocycles. The molecule has 1 aromatic heterocycles. The summed E-state index contributed by atoms with van der Waals surface area (Å²) >= 11 is 0. The van der Waals surface area contributed by atoms with Gasteiger partial charge in [0.15, 0.2) is 5.69 Å². The average molecular weight is 207 g/mol. The van der Waals surface area contributed by atoms with Crippen molar-refractivity contribution in [3.8, 4) is 0 Å². The Bertz CT molecular complexity index is 325. The number of nitrogens with one attached hydrogen (secondary N) is 1. The van der Waals surface area contributed by atoms with Crippen molar-refractivity contribution >= 4 is 11.6 Å². The molecule has 0 aromatic carbocycles. The Morgan fingerprint density at radius 3 is 3.00 bits per heavy atom. The highest BCUT2D eigenvalue weighted by Gasteiger charge is 2.08. The number of nitrogens with two attached hydrogens (primary N) is 1. The van der Waals surface area contributed by atoms with E-state index < -0.39 is 0 Å². The number of pyridine rings is 1. The molecule has 0 aliphatic rings. The SMILES string of the molecule is CCCCCNC(=O)c1ncccc1N. The number of carbonyl (C=O) groups excluding carboxylic acids is 1. The second-order valence-corrected chi connectivity index (χ2v) is 3.40. The Morgan fingerprint density at radius 2 is 2.33 bits per heavy atom. The van der Waals surface area contributed by atoms with Gasteiger partial charge >= 0.3 is 0 Å². The fourth-order valence-corrected chi connectivity index (χ4v) is 1.27. The first-order valence-corrected chi connectivity index (χ1v) is 5.24. The van der Waals surface area contributed by atoms with E-state index in [1.165, 1.54) is 0 Å². The van der Waals surface area contributed by atoms with Crippen molar-refractivity contribution in [1.82, 2.24) is 10.3 Å². The third kappa shape index (κ3) is 3.58. The van der Waals surface area contributed by atoms with E-state index in [2.05, 4.69) is 17.2 Å². The number of nitrogens with zero attached hydrogens (tertiary/aromatic N) is 1. The van der Waals surface area contributed by atoms with Gasteiger partial charge in [0.25, 0.3) is 5.91 Å². The van der Waals surface area contributed by atoms with Gasteiger partial charge in [-0.3, -0.25) is 4.79 Å². The van der Waals surface area contributed by atoms with E-state index in [4.69, 9.17) is 5.73 Å². The molecule has 0 atom stereocenters. The summed E-state index contributed by atoms with van der Waals surface area (Å²) in [5.74, 6) is -0.191. The smallest absolute Gasteiger partial charge is 0.272 e. The highest BCUT2D eigenvalue weighted by atomic mass is 16.1. The van der Waals surface area contributed by atoms with E-state index >= 15 is 0 Å². The highest BCUT2D eigenvalue weighted by molar-refractivity contribution is 5.96. The van der Waals surface area contributed by atoms with Crippen LogP contribution in [0.25, 0.3) is 0 Å². The highest BCUT2D eigenvalue weighted by Crippen LogP contribution is 2.06. The first-order chi connectivity index (χ1) is 7.25. The molecule has 0 bridgehead atoms. The van der Waals surface area contributed by atoms with Gasteiger partial charge in [0.1, 0.15) is 0 Å². The van der Waals surface area contributed by atoms with Gasteiger partial charge in [-0.1, -0.05) is 19.8 Å². The number of amides is 1. The maximum absolute atomic E-state index is 11.6. The van der Waals surface area contributed by atoms with Crippen LogP contribution in [0, 0.1) is 0 Å². The van der Waals surface area contributed by atoms with E-state index in [1.54, 1.807) is 18.3 Å². The molecule has 0 radical (unpaired) electrons. The number of anilines is 1. The summed E-state index contributed by atoms with van der Waals surface area (Å²) < 4.78 is 0. The minimum absolute atomic E-state index is 0.191. The lowest BCUT2D eigenvalue weighted by Crippen LogP contribution is -2.26. The van der Waals surface area contributed by atoms with Crippen LogP contribution < -0.4 is 11.1 Å². The standard InChI is InChI=1S/C11H17N3O/c1-2-3-4-7-14-11(15)10-9(12)6-5-8-13-10/h5-6,8H,2-4,7,12H2,1H3,(H,14,15). The van der Waals surface area contributed by atoms with Gasteiger partial charge in [-0.25, -0.2) is 4.98 Å². The van der Waals surface area contributed by atoms with Crippen LogP contribution in [0.2, 0.25) is 0 Å². The lowest BCUT2D eigenvalue weighted by atomic mass is 10.2. The molecule has 0 aliphatic carbocycles. The quantitative estimate of drug-likeness (QED) is 0.720. The Kier molecular flexibility index (Phi) is 4.60. The molecule has 0 fully saturated rings. The average Bonchev–Trinajstić information content (AvgIpc) is 2.25. The summed E-state index contributed by atoms with van der Waals surface area (Å²) in [6, 6.07) is 3.39. The van der Waals surface area contributed by atoms with Gasteiger partial charge in [0, 0.05) is 12.7 Å². The van der Waals surface area contributed by atoms with Gasteiger partial charge in [-0.2, -0.15) is 0 Å². The van der Waals surface area contributed by atoms with Crippen LogP contribution in [0.4, 0.5) is 5.69 Å². The summed E-state index contributed by atoms with van der Waals surface area (Å²) in [7, 11) is 0. The first kappa shape index (κ1) is 11.5. The number of nitrogen functional groups attached to an aromatic ring is 1. The Labute approximate surface area is 89.9 Å². The Hall–Kier alpha value is -1.58. The zero-order chi connectivity index (χ0) is 11.1. The van der Waals surface area contributed by atoms with Gasteiger partial charge in [0.2, 0.25) is 0 Å². The van der Waals surface area contributed by atoms with Gasteiger partial charge in [0.05, 0.1) is 5.69 Å². The molecule has 4 heteroatoms. The first-order valence-electron chi connectivity index (χ1n) is 5.24. The third-order valence-electron chi connectivity index (χ3n) is 2.12. The molecule has 4 nitrogen and oxygen atoms in total. The van der Waals surface area contributed by atoms with Crippen LogP contribution in [-0.4, -0.2) is 17.4 Å². The number of unbranched alkanes of at least 4 members (excludes halogenated alkanes) is 2. The van der Waals surface area contributed by atoms with Gasteiger partial charge < -0.3 is 11.1 Å². The number of hydrogen-bond donors (Lipinski definition) is 2. The molecular weight excluding hydrogens is 190 g/mol. The van der Waals surface area contributed by atoms with Crippen molar-refractivity contribution in [3.05, 3.63) is 24.0 Å². The predicted molar refractivity (Wildman–Crippen MR) is 60.5 cm³/mol. The zero-order valence-electron chi connectivity index (χ0n) is 8.99. The lowest BCUT2D eigenvalue weighted by molar-refractivity contribution is 0.0949. The van der Waals surface area contributed by atoms with Crippen LogP contribution in [0.1, 0.15) is 36.7 Å². The molecule has 15 heavy (non-hydrogen) atoms. The van der Waals surface area contributed by atoms with Crippen LogP contribution in [0.15, 0.2) is 18.3 Å². The maximum Gasteiger partial charge on any atom is 0.272 e.